The van der Waals surface area contributed by atoms with Crippen LogP contribution in [0.1, 0.15) is 22.9 Å². The van der Waals surface area contributed by atoms with Crippen molar-refractivity contribution in [1.29, 1.82) is 0 Å². The van der Waals surface area contributed by atoms with E-state index in [-0.39, 0.29) is 6.17 Å². The van der Waals surface area contributed by atoms with E-state index in [1.54, 1.807) is 0 Å². The van der Waals surface area contributed by atoms with E-state index < -0.39 is 0 Å². The van der Waals surface area contributed by atoms with Gasteiger partial charge in [-0.15, -0.1) is 0 Å². The quantitative estimate of drug-likeness (QED) is 0.189. The Bertz CT molecular complexity index is 3140. The first-order chi connectivity index (χ1) is 26.2. The molecular formula is C49H31N3O. The fourth-order valence-corrected chi connectivity index (χ4v) is 8.15. The van der Waals surface area contributed by atoms with Crippen LogP contribution < -0.4 is 5.32 Å². The first-order valence-electron chi connectivity index (χ1n) is 18.0. The maximum atomic E-state index is 6.67. The van der Waals surface area contributed by atoms with Crippen LogP contribution in [-0.2, 0) is 0 Å². The van der Waals surface area contributed by atoms with Crippen molar-refractivity contribution in [3.63, 3.8) is 0 Å². The monoisotopic (exact) mass is 677 g/mol. The van der Waals surface area contributed by atoms with Crippen LogP contribution in [0.15, 0.2) is 190 Å². The predicted molar refractivity (Wildman–Crippen MR) is 221 cm³/mol. The van der Waals surface area contributed by atoms with Gasteiger partial charge in [-0.1, -0.05) is 146 Å². The van der Waals surface area contributed by atoms with Crippen molar-refractivity contribution in [2.75, 3.05) is 0 Å². The summed E-state index contributed by atoms with van der Waals surface area (Å²) in [5.41, 5.74) is 6.99. The highest BCUT2D eigenvalue weighted by Crippen LogP contribution is 2.41. The summed E-state index contributed by atoms with van der Waals surface area (Å²) in [6, 6.07) is 62.2. The van der Waals surface area contributed by atoms with Crippen molar-refractivity contribution < 1.29 is 4.42 Å². The van der Waals surface area contributed by atoms with Gasteiger partial charge in [0.2, 0.25) is 0 Å². The lowest BCUT2D eigenvalue weighted by atomic mass is 9.90. The molecule has 1 aliphatic rings. The summed E-state index contributed by atoms with van der Waals surface area (Å²) in [5, 5.41) is 15.7. The Morgan fingerprint density at radius 1 is 0.434 bits per heavy atom. The van der Waals surface area contributed by atoms with Crippen LogP contribution in [0.3, 0.4) is 0 Å². The number of rotatable bonds is 4. The number of fused-ring (bicyclic) bond motifs is 9. The van der Waals surface area contributed by atoms with Gasteiger partial charge in [-0.3, -0.25) is 0 Å². The Hall–Kier alpha value is -7.04. The maximum absolute atomic E-state index is 6.67. The molecule has 0 amide bonds. The summed E-state index contributed by atoms with van der Waals surface area (Å²) in [6.07, 6.45) is -0.320. The van der Waals surface area contributed by atoms with Crippen LogP contribution in [0, 0.1) is 0 Å². The molecule has 1 atom stereocenters. The molecule has 4 heteroatoms. The number of hydrogen-bond acceptors (Lipinski definition) is 4. The number of nitrogens with one attached hydrogen (secondary N) is 1. The molecule has 0 bridgehead atoms. The number of benzene rings is 9. The lowest BCUT2D eigenvalue weighted by molar-refractivity contribution is 0.668. The minimum Gasteiger partial charge on any atom is -0.456 e. The summed E-state index contributed by atoms with van der Waals surface area (Å²) in [6.45, 7) is 0. The molecule has 0 spiro atoms. The molecule has 0 aliphatic carbocycles. The Balaban J connectivity index is 1.07. The second-order valence-corrected chi connectivity index (χ2v) is 13.8. The maximum Gasteiger partial charge on any atom is 0.159 e. The number of hydrogen-bond donors (Lipinski definition) is 1. The summed E-state index contributed by atoms with van der Waals surface area (Å²) in [5.74, 6) is 1.46. The Morgan fingerprint density at radius 2 is 1.15 bits per heavy atom. The zero-order valence-electron chi connectivity index (χ0n) is 28.6. The zero-order chi connectivity index (χ0) is 34.9. The molecule has 1 aromatic heterocycles. The van der Waals surface area contributed by atoms with Gasteiger partial charge in [-0.05, 0) is 90.1 Å². The molecule has 248 valence electrons. The molecule has 0 saturated heterocycles. The summed E-state index contributed by atoms with van der Waals surface area (Å²) in [4.78, 5) is 10.3. The number of amidine groups is 2. The van der Waals surface area contributed by atoms with Crippen molar-refractivity contribution in [1.82, 2.24) is 5.32 Å². The van der Waals surface area contributed by atoms with E-state index >= 15 is 0 Å². The normalized spacial score (nSPS) is 14.6. The van der Waals surface area contributed by atoms with Crippen LogP contribution in [0.25, 0.3) is 76.2 Å². The highest BCUT2D eigenvalue weighted by molar-refractivity contribution is 6.25. The highest BCUT2D eigenvalue weighted by atomic mass is 16.3. The predicted octanol–water partition coefficient (Wildman–Crippen LogP) is 12.4. The lowest BCUT2D eigenvalue weighted by Crippen LogP contribution is -2.33. The van der Waals surface area contributed by atoms with Gasteiger partial charge < -0.3 is 9.73 Å². The van der Waals surface area contributed by atoms with Gasteiger partial charge in [0.25, 0.3) is 0 Å². The number of aliphatic imine (C=N–C) groups is 2. The van der Waals surface area contributed by atoms with Gasteiger partial charge in [0.05, 0.1) is 0 Å². The van der Waals surface area contributed by atoms with Crippen LogP contribution in [-0.4, -0.2) is 11.7 Å². The smallest absolute Gasteiger partial charge is 0.159 e. The van der Waals surface area contributed by atoms with Crippen molar-refractivity contribution in [3.05, 3.63) is 193 Å². The van der Waals surface area contributed by atoms with Crippen molar-refractivity contribution in [2.24, 2.45) is 9.98 Å². The van der Waals surface area contributed by atoms with Gasteiger partial charge in [-0.2, -0.15) is 0 Å². The number of nitrogens with zero attached hydrogens (tertiary/aromatic N) is 2. The van der Waals surface area contributed by atoms with E-state index in [2.05, 4.69) is 151 Å². The summed E-state index contributed by atoms with van der Waals surface area (Å²) < 4.78 is 6.67. The van der Waals surface area contributed by atoms with Crippen molar-refractivity contribution in [2.45, 2.75) is 6.17 Å². The van der Waals surface area contributed by atoms with Gasteiger partial charge in [-0.25, -0.2) is 9.98 Å². The number of furan rings is 1. The largest absolute Gasteiger partial charge is 0.456 e. The molecule has 0 saturated carbocycles. The second kappa shape index (κ2) is 11.8. The van der Waals surface area contributed by atoms with E-state index in [1.165, 1.54) is 48.7 Å². The third-order valence-electron chi connectivity index (χ3n) is 10.7. The third-order valence-corrected chi connectivity index (χ3v) is 10.7. The van der Waals surface area contributed by atoms with Gasteiger partial charge in [0.1, 0.15) is 23.2 Å². The molecule has 4 nitrogen and oxygen atoms in total. The average Bonchev–Trinajstić information content (AvgIpc) is 3.61. The summed E-state index contributed by atoms with van der Waals surface area (Å²) >= 11 is 0. The lowest BCUT2D eigenvalue weighted by Gasteiger charge is -2.24. The summed E-state index contributed by atoms with van der Waals surface area (Å²) in [7, 11) is 0. The van der Waals surface area contributed by atoms with Crippen LogP contribution in [0.2, 0.25) is 0 Å². The Morgan fingerprint density at radius 3 is 2.02 bits per heavy atom. The fraction of sp³-hybridized carbons (Fsp3) is 0.0204. The molecule has 10 aromatic rings. The molecule has 1 aliphatic heterocycles. The fourth-order valence-electron chi connectivity index (χ4n) is 8.15. The minimum atomic E-state index is -0.320. The van der Waals surface area contributed by atoms with E-state index in [1.807, 2.05) is 30.3 Å². The zero-order valence-corrected chi connectivity index (χ0v) is 28.6. The molecule has 1 unspecified atom stereocenters. The second-order valence-electron chi connectivity index (χ2n) is 13.8. The van der Waals surface area contributed by atoms with Gasteiger partial charge >= 0.3 is 0 Å². The van der Waals surface area contributed by atoms with E-state index in [0.29, 0.717) is 5.84 Å². The minimum absolute atomic E-state index is 0.320. The standard InChI is InChI=1S/C49H31N3O/c1-2-13-32(14-3-1)47-50-48(36-22-21-30-11-4-5-15-33(30)27-36)52-49(51-47)41-19-10-20-43-46(41)40-26-24-35(29-44(40)53-43)42-28-34-16-7-9-18-38(34)45-37-17-8-6-12-31(37)23-25-39(42)45/h1-29,48H,(H,50,51,52). The molecule has 11 rings (SSSR count). The third kappa shape index (κ3) is 4.84. The van der Waals surface area contributed by atoms with E-state index in [4.69, 9.17) is 14.4 Å². The van der Waals surface area contributed by atoms with Gasteiger partial charge in [0.15, 0.2) is 5.84 Å². The molecule has 53 heavy (non-hydrogen) atoms. The highest BCUT2D eigenvalue weighted by Gasteiger charge is 2.24. The first-order valence-corrected chi connectivity index (χ1v) is 18.0. The van der Waals surface area contributed by atoms with Crippen LogP contribution in [0.5, 0.6) is 0 Å². The van der Waals surface area contributed by atoms with E-state index in [9.17, 15) is 0 Å². The first kappa shape index (κ1) is 29.7. The van der Waals surface area contributed by atoms with Gasteiger partial charge in [0, 0.05) is 21.9 Å². The average molecular weight is 678 g/mol. The molecule has 1 N–H and O–H groups in total. The Labute approximate surface area is 305 Å². The van der Waals surface area contributed by atoms with Crippen LogP contribution >= 0.6 is 0 Å². The van der Waals surface area contributed by atoms with Crippen molar-refractivity contribution >= 4 is 76.7 Å². The van der Waals surface area contributed by atoms with E-state index in [0.717, 1.165) is 50.0 Å². The molecular weight excluding hydrogens is 647 g/mol. The molecule has 0 fully saturated rings. The SMILES string of the molecule is c1ccc(C2=NC(c3ccc4ccccc4c3)NC(c3cccc4oc5cc(-c6cc7ccccc7c7c6ccc6ccccc67)ccc5c34)=N2)cc1. The van der Waals surface area contributed by atoms with Crippen molar-refractivity contribution in [3.8, 4) is 11.1 Å². The topological polar surface area (TPSA) is 49.9 Å². The van der Waals surface area contributed by atoms with Crippen LogP contribution in [0.4, 0.5) is 0 Å². The molecule has 2 heterocycles. The molecule has 9 aromatic carbocycles. The Kier molecular flexibility index (Phi) is 6.58. The molecule has 0 radical (unpaired) electrons.